The predicted molar refractivity (Wildman–Crippen MR) is 92.3 cm³/mol. The first kappa shape index (κ1) is 18.2. The van der Waals surface area contributed by atoms with Crippen LogP contribution in [0.25, 0.3) is 0 Å². The number of nitrogens with zero attached hydrogens (tertiary/aromatic N) is 3. The van der Waals surface area contributed by atoms with Crippen molar-refractivity contribution in [3.63, 3.8) is 0 Å². The van der Waals surface area contributed by atoms with Gasteiger partial charge in [-0.1, -0.05) is 6.07 Å². The van der Waals surface area contributed by atoms with E-state index in [1.54, 1.807) is 38.5 Å². The molecule has 1 fully saturated rings. The fourth-order valence-corrected chi connectivity index (χ4v) is 2.69. The molecule has 1 saturated heterocycles. The van der Waals surface area contributed by atoms with Gasteiger partial charge in [0.25, 0.3) is 0 Å². The average Bonchev–Trinajstić information content (AvgIpc) is 2.65. The lowest BCUT2D eigenvalue weighted by molar-refractivity contribution is -0.138. The van der Waals surface area contributed by atoms with Crippen molar-refractivity contribution in [3.05, 3.63) is 47.5 Å². The molecule has 26 heavy (non-hydrogen) atoms. The number of aromatic nitrogens is 2. The van der Waals surface area contributed by atoms with E-state index >= 15 is 0 Å². The minimum atomic E-state index is -0.471. The molecule has 1 aromatic carbocycles. The number of nitrogens with one attached hydrogen (secondary N) is 1. The first-order chi connectivity index (χ1) is 12.5. The Morgan fingerprint density at radius 1 is 1.42 bits per heavy atom. The largest absolute Gasteiger partial charge is 0.421 e. The Labute approximate surface area is 151 Å². The summed E-state index contributed by atoms with van der Waals surface area (Å²) in [6.45, 7) is 4.12. The Bertz CT molecular complexity index is 770. The van der Waals surface area contributed by atoms with E-state index < -0.39 is 11.9 Å². The number of morpholine rings is 1. The van der Waals surface area contributed by atoms with Crippen molar-refractivity contribution in [1.29, 1.82) is 0 Å². The number of carbonyl (C=O) groups is 1. The van der Waals surface area contributed by atoms with Gasteiger partial charge in [0.2, 0.25) is 5.91 Å². The Morgan fingerprint density at radius 2 is 2.19 bits per heavy atom. The maximum atomic E-state index is 13.8. The van der Waals surface area contributed by atoms with Gasteiger partial charge in [0, 0.05) is 44.6 Å². The molecule has 0 saturated carbocycles. The summed E-state index contributed by atoms with van der Waals surface area (Å²) in [5.74, 6) is -0.494. The number of carbonyl (C=O) groups excluding carboxylic acids is 1. The summed E-state index contributed by atoms with van der Waals surface area (Å²) in [7, 11) is 1.59. The number of aryl methyl sites for hydroxylation is 1. The summed E-state index contributed by atoms with van der Waals surface area (Å²) >= 11 is 0. The van der Waals surface area contributed by atoms with Gasteiger partial charge in [0.15, 0.2) is 11.6 Å². The van der Waals surface area contributed by atoms with E-state index in [1.165, 1.54) is 6.07 Å². The summed E-state index contributed by atoms with van der Waals surface area (Å²) in [6, 6.07) is 4.79. The molecule has 8 heteroatoms. The van der Waals surface area contributed by atoms with Crippen LogP contribution < -0.4 is 10.1 Å². The molecular weight excluding hydrogens is 339 g/mol. The molecule has 1 N–H and O–H groups in total. The van der Waals surface area contributed by atoms with Crippen molar-refractivity contribution in [2.45, 2.75) is 19.6 Å². The Kier molecular flexibility index (Phi) is 5.75. The highest BCUT2D eigenvalue weighted by atomic mass is 19.1. The van der Waals surface area contributed by atoms with Crippen LogP contribution in [0.4, 0.5) is 4.39 Å². The molecule has 7 nitrogen and oxygen atoms in total. The van der Waals surface area contributed by atoms with Crippen LogP contribution in [0, 0.1) is 12.7 Å². The number of likely N-dealkylation sites (N-methyl/N-ethyl adjacent to an activating group) is 1. The molecule has 0 bridgehead atoms. The molecule has 0 aliphatic carbocycles. The quantitative estimate of drug-likeness (QED) is 0.874. The van der Waals surface area contributed by atoms with Crippen LogP contribution in [0.2, 0.25) is 0 Å². The SMILES string of the molecule is CNC(=O)[C@@H]1CN(Cc2cnc(Oc3ccc(C)cc3F)nc2)CCO1. The van der Waals surface area contributed by atoms with E-state index in [9.17, 15) is 9.18 Å². The number of hydrogen-bond donors (Lipinski definition) is 1. The molecule has 2 heterocycles. The van der Waals surface area contributed by atoms with Gasteiger partial charge in [-0.3, -0.25) is 9.69 Å². The van der Waals surface area contributed by atoms with Gasteiger partial charge in [0.05, 0.1) is 6.61 Å². The lowest BCUT2D eigenvalue weighted by Gasteiger charge is -2.31. The highest BCUT2D eigenvalue weighted by molar-refractivity contribution is 5.80. The Hall–Kier alpha value is -2.58. The summed E-state index contributed by atoms with van der Waals surface area (Å²) in [5, 5.41) is 2.60. The molecule has 1 amide bonds. The van der Waals surface area contributed by atoms with Gasteiger partial charge in [-0.25, -0.2) is 14.4 Å². The van der Waals surface area contributed by atoms with Crippen LogP contribution in [0.1, 0.15) is 11.1 Å². The topological polar surface area (TPSA) is 76.6 Å². The second-order valence-electron chi connectivity index (χ2n) is 6.12. The number of rotatable bonds is 5. The van der Waals surface area contributed by atoms with E-state index in [4.69, 9.17) is 9.47 Å². The average molecular weight is 360 g/mol. The third kappa shape index (κ3) is 4.53. The van der Waals surface area contributed by atoms with Crippen LogP contribution in [0.3, 0.4) is 0 Å². The standard InChI is InChI=1S/C18H21FN4O3/c1-12-3-4-15(14(19)7-12)26-18-21-8-13(9-22-18)10-23-5-6-25-16(11-23)17(24)20-2/h3-4,7-9,16H,5-6,10-11H2,1-2H3,(H,20,24)/t16-/m0/s1. The van der Waals surface area contributed by atoms with Crippen molar-refractivity contribution in [1.82, 2.24) is 20.2 Å². The smallest absolute Gasteiger partial charge is 0.321 e. The zero-order valence-electron chi connectivity index (χ0n) is 14.7. The van der Waals surface area contributed by atoms with E-state index in [1.807, 2.05) is 0 Å². The fraction of sp³-hybridized carbons (Fsp3) is 0.389. The van der Waals surface area contributed by atoms with Gasteiger partial charge >= 0.3 is 6.01 Å². The highest BCUT2D eigenvalue weighted by Gasteiger charge is 2.25. The van der Waals surface area contributed by atoms with Crippen LogP contribution in [0.15, 0.2) is 30.6 Å². The predicted octanol–water partition coefficient (Wildman–Crippen LogP) is 1.66. The van der Waals surface area contributed by atoms with Crippen molar-refractivity contribution in [2.24, 2.45) is 0 Å². The minimum absolute atomic E-state index is 0.0849. The van der Waals surface area contributed by atoms with Crippen molar-refractivity contribution >= 4 is 5.91 Å². The van der Waals surface area contributed by atoms with Gasteiger partial charge in [-0.2, -0.15) is 0 Å². The molecule has 0 radical (unpaired) electrons. The van der Waals surface area contributed by atoms with E-state index in [0.29, 0.717) is 19.7 Å². The Balaban J connectivity index is 1.60. The van der Waals surface area contributed by atoms with Crippen molar-refractivity contribution in [3.8, 4) is 11.8 Å². The summed E-state index contributed by atoms with van der Waals surface area (Å²) in [6.07, 6.45) is 2.80. The van der Waals surface area contributed by atoms with Crippen LogP contribution >= 0.6 is 0 Å². The van der Waals surface area contributed by atoms with E-state index in [-0.39, 0.29) is 17.7 Å². The number of halogens is 1. The second-order valence-corrected chi connectivity index (χ2v) is 6.12. The van der Waals surface area contributed by atoms with Crippen molar-refractivity contribution in [2.75, 3.05) is 26.7 Å². The maximum absolute atomic E-state index is 13.8. The third-order valence-corrected chi connectivity index (χ3v) is 4.07. The lowest BCUT2D eigenvalue weighted by Crippen LogP contribution is -2.48. The molecular formula is C18H21FN4O3. The third-order valence-electron chi connectivity index (χ3n) is 4.07. The monoisotopic (exact) mass is 360 g/mol. The summed E-state index contributed by atoms with van der Waals surface area (Å²) in [5.41, 5.74) is 1.69. The number of ether oxygens (including phenoxy) is 2. The first-order valence-electron chi connectivity index (χ1n) is 8.35. The Morgan fingerprint density at radius 3 is 2.88 bits per heavy atom. The molecule has 1 aliphatic heterocycles. The fourth-order valence-electron chi connectivity index (χ4n) is 2.69. The zero-order chi connectivity index (χ0) is 18.5. The highest BCUT2D eigenvalue weighted by Crippen LogP contribution is 2.22. The van der Waals surface area contributed by atoms with Gasteiger partial charge in [0.1, 0.15) is 6.10 Å². The van der Waals surface area contributed by atoms with Crippen LogP contribution in [-0.4, -0.2) is 53.6 Å². The molecule has 1 aromatic heterocycles. The molecule has 1 aliphatic rings. The molecule has 138 valence electrons. The van der Waals surface area contributed by atoms with Crippen LogP contribution in [-0.2, 0) is 16.1 Å². The van der Waals surface area contributed by atoms with Crippen molar-refractivity contribution < 1.29 is 18.7 Å². The summed E-state index contributed by atoms with van der Waals surface area (Å²) in [4.78, 5) is 22.1. The number of amides is 1. The van der Waals surface area contributed by atoms with E-state index in [2.05, 4.69) is 20.2 Å². The lowest BCUT2D eigenvalue weighted by atomic mass is 10.2. The van der Waals surface area contributed by atoms with Gasteiger partial charge in [-0.15, -0.1) is 0 Å². The first-order valence-corrected chi connectivity index (χ1v) is 8.35. The second kappa shape index (κ2) is 8.20. The van der Waals surface area contributed by atoms with Crippen LogP contribution in [0.5, 0.6) is 11.8 Å². The van der Waals surface area contributed by atoms with E-state index in [0.717, 1.165) is 17.7 Å². The molecule has 0 unspecified atom stereocenters. The number of benzene rings is 1. The molecule has 2 aromatic rings. The normalized spacial score (nSPS) is 17.7. The molecule has 1 atom stereocenters. The molecule has 3 rings (SSSR count). The molecule has 0 spiro atoms. The van der Waals surface area contributed by atoms with Gasteiger partial charge < -0.3 is 14.8 Å². The minimum Gasteiger partial charge on any atom is -0.421 e. The summed E-state index contributed by atoms with van der Waals surface area (Å²) < 4.78 is 24.7. The van der Waals surface area contributed by atoms with Gasteiger partial charge in [-0.05, 0) is 24.6 Å². The maximum Gasteiger partial charge on any atom is 0.321 e. The zero-order valence-corrected chi connectivity index (χ0v) is 14.7. The number of hydrogen-bond acceptors (Lipinski definition) is 6.